The summed E-state index contributed by atoms with van der Waals surface area (Å²) in [4.78, 5) is 18.5. The summed E-state index contributed by atoms with van der Waals surface area (Å²) in [6, 6.07) is 0. The minimum Gasteiger partial charge on any atom is -0.481 e. The van der Waals surface area contributed by atoms with Gasteiger partial charge in [-0.1, -0.05) is 0 Å². The lowest BCUT2D eigenvalue weighted by molar-refractivity contribution is -0.136. The first-order valence-electron chi connectivity index (χ1n) is 4.20. The van der Waals surface area contributed by atoms with Gasteiger partial charge in [-0.3, -0.25) is 4.79 Å². The van der Waals surface area contributed by atoms with Crippen LogP contribution in [0, 0.1) is 13.8 Å². The van der Waals surface area contributed by atoms with Crippen LogP contribution in [-0.2, 0) is 17.8 Å². The van der Waals surface area contributed by atoms with E-state index in [0.29, 0.717) is 22.8 Å². The van der Waals surface area contributed by atoms with Crippen molar-refractivity contribution >= 4 is 5.97 Å². The Labute approximate surface area is 81.4 Å². The summed E-state index contributed by atoms with van der Waals surface area (Å²) in [5.74, 6) is -0.578. The molecule has 2 N–H and O–H groups in total. The third-order valence-corrected chi connectivity index (χ3v) is 1.94. The van der Waals surface area contributed by atoms with Gasteiger partial charge in [0.15, 0.2) is 5.82 Å². The third kappa shape index (κ3) is 2.26. The van der Waals surface area contributed by atoms with Crippen molar-refractivity contribution in [2.45, 2.75) is 26.9 Å². The Bertz CT molecular complexity index is 340. The highest BCUT2D eigenvalue weighted by atomic mass is 16.4. The highest BCUT2D eigenvalue weighted by Crippen LogP contribution is 2.10. The number of hydrogen-bond acceptors (Lipinski definition) is 4. The summed E-state index contributed by atoms with van der Waals surface area (Å²) >= 11 is 0. The third-order valence-electron chi connectivity index (χ3n) is 1.94. The number of aliphatic hydroxyl groups is 1. The fraction of sp³-hybridized carbons (Fsp3) is 0.444. The lowest BCUT2D eigenvalue weighted by atomic mass is 10.1. The molecule has 0 aliphatic heterocycles. The van der Waals surface area contributed by atoms with Gasteiger partial charge in [-0.2, -0.15) is 0 Å². The molecule has 0 unspecified atom stereocenters. The van der Waals surface area contributed by atoms with Crippen molar-refractivity contribution in [3.05, 3.63) is 22.8 Å². The van der Waals surface area contributed by atoms with Gasteiger partial charge < -0.3 is 10.2 Å². The van der Waals surface area contributed by atoms with Crippen molar-refractivity contribution < 1.29 is 15.0 Å². The monoisotopic (exact) mass is 196 g/mol. The molecule has 0 saturated heterocycles. The molecule has 0 spiro atoms. The molecule has 0 atom stereocenters. The molecule has 0 aromatic carbocycles. The van der Waals surface area contributed by atoms with E-state index in [1.165, 1.54) is 0 Å². The molecular weight excluding hydrogens is 184 g/mol. The van der Waals surface area contributed by atoms with E-state index in [1.54, 1.807) is 13.8 Å². The molecule has 0 aliphatic rings. The van der Waals surface area contributed by atoms with Crippen LogP contribution in [-0.4, -0.2) is 26.2 Å². The number of aliphatic hydroxyl groups excluding tert-OH is 1. The molecule has 1 aromatic heterocycles. The van der Waals surface area contributed by atoms with Crippen molar-refractivity contribution in [2.24, 2.45) is 0 Å². The quantitative estimate of drug-likeness (QED) is 0.722. The van der Waals surface area contributed by atoms with E-state index < -0.39 is 5.97 Å². The van der Waals surface area contributed by atoms with Gasteiger partial charge >= 0.3 is 5.97 Å². The van der Waals surface area contributed by atoms with Crippen LogP contribution < -0.4 is 0 Å². The maximum atomic E-state index is 10.5. The lowest BCUT2D eigenvalue weighted by Crippen LogP contribution is -2.09. The van der Waals surface area contributed by atoms with Crippen LogP contribution in [0.1, 0.15) is 22.8 Å². The molecule has 1 aromatic rings. The number of aryl methyl sites for hydroxylation is 2. The molecule has 76 valence electrons. The van der Waals surface area contributed by atoms with E-state index in [2.05, 4.69) is 9.97 Å². The van der Waals surface area contributed by atoms with Crippen LogP contribution in [0.2, 0.25) is 0 Å². The van der Waals surface area contributed by atoms with Gasteiger partial charge in [0, 0.05) is 17.0 Å². The summed E-state index contributed by atoms with van der Waals surface area (Å²) in [5, 5.41) is 17.5. The molecule has 14 heavy (non-hydrogen) atoms. The van der Waals surface area contributed by atoms with Gasteiger partial charge in [-0.25, -0.2) is 9.97 Å². The predicted molar refractivity (Wildman–Crippen MR) is 48.8 cm³/mol. The Morgan fingerprint density at radius 3 is 2.14 bits per heavy atom. The lowest BCUT2D eigenvalue weighted by Gasteiger charge is -2.07. The SMILES string of the molecule is Cc1nc(CO)nc(C)c1CC(=O)O. The average molecular weight is 196 g/mol. The summed E-state index contributed by atoms with van der Waals surface area (Å²) < 4.78 is 0. The normalized spacial score (nSPS) is 10.2. The van der Waals surface area contributed by atoms with Crippen LogP contribution in [0.25, 0.3) is 0 Å². The number of nitrogens with zero attached hydrogens (tertiary/aromatic N) is 2. The molecule has 0 radical (unpaired) electrons. The molecule has 1 heterocycles. The van der Waals surface area contributed by atoms with E-state index in [9.17, 15) is 4.79 Å². The van der Waals surface area contributed by atoms with Gasteiger partial charge in [0.05, 0.1) is 6.42 Å². The van der Waals surface area contributed by atoms with E-state index in [1.807, 2.05) is 0 Å². The largest absolute Gasteiger partial charge is 0.481 e. The number of rotatable bonds is 3. The molecule has 5 nitrogen and oxygen atoms in total. The van der Waals surface area contributed by atoms with Crippen LogP contribution >= 0.6 is 0 Å². The van der Waals surface area contributed by atoms with Crippen molar-refractivity contribution in [1.29, 1.82) is 0 Å². The number of carboxylic acids is 1. The fourth-order valence-corrected chi connectivity index (χ4v) is 1.29. The summed E-state index contributed by atoms with van der Waals surface area (Å²) in [6.45, 7) is 3.20. The summed E-state index contributed by atoms with van der Waals surface area (Å²) in [6.07, 6.45) is -0.0800. The fourth-order valence-electron chi connectivity index (χ4n) is 1.29. The minimum atomic E-state index is -0.906. The van der Waals surface area contributed by atoms with Crippen molar-refractivity contribution in [3.8, 4) is 0 Å². The van der Waals surface area contributed by atoms with Gasteiger partial charge in [-0.15, -0.1) is 0 Å². The second kappa shape index (κ2) is 4.15. The Kier molecular flexibility index (Phi) is 3.14. The number of carbonyl (C=O) groups is 1. The Balaban J connectivity index is 3.11. The Morgan fingerprint density at radius 1 is 1.29 bits per heavy atom. The van der Waals surface area contributed by atoms with Crippen LogP contribution in [0.4, 0.5) is 0 Å². The van der Waals surface area contributed by atoms with Gasteiger partial charge in [0.2, 0.25) is 0 Å². The second-order valence-electron chi connectivity index (χ2n) is 3.02. The van der Waals surface area contributed by atoms with Crippen molar-refractivity contribution in [2.75, 3.05) is 0 Å². The Morgan fingerprint density at radius 2 is 1.79 bits per heavy atom. The molecule has 0 fully saturated rings. The van der Waals surface area contributed by atoms with E-state index in [-0.39, 0.29) is 13.0 Å². The average Bonchev–Trinajstić information content (AvgIpc) is 2.10. The number of carboxylic acid groups (broad SMARTS) is 1. The van der Waals surface area contributed by atoms with Crippen LogP contribution in [0.5, 0.6) is 0 Å². The number of hydrogen-bond donors (Lipinski definition) is 2. The minimum absolute atomic E-state index is 0.0800. The maximum absolute atomic E-state index is 10.5. The van der Waals surface area contributed by atoms with E-state index >= 15 is 0 Å². The topological polar surface area (TPSA) is 83.3 Å². The molecular formula is C9H12N2O3. The zero-order chi connectivity index (χ0) is 10.7. The second-order valence-corrected chi connectivity index (χ2v) is 3.02. The van der Waals surface area contributed by atoms with E-state index in [0.717, 1.165) is 0 Å². The van der Waals surface area contributed by atoms with E-state index in [4.69, 9.17) is 10.2 Å². The maximum Gasteiger partial charge on any atom is 0.307 e. The number of aromatic nitrogens is 2. The smallest absolute Gasteiger partial charge is 0.307 e. The first-order chi connectivity index (χ1) is 6.54. The van der Waals surface area contributed by atoms with Gasteiger partial charge in [-0.05, 0) is 13.8 Å². The van der Waals surface area contributed by atoms with Crippen molar-refractivity contribution in [1.82, 2.24) is 9.97 Å². The molecule has 5 heteroatoms. The first-order valence-corrected chi connectivity index (χ1v) is 4.20. The zero-order valence-electron chi connectivity index (χ0n) is 8.11. The van der Waals surface area contributed by atoms with Gasteiger partial charge in [0.1, 0.15) is 6.61 Å². The summed E-state index contributed by atoms with van der Waals surface area (Å²) in [7, 11) is 0. The van der Waals surface area contributed by atoms with Crippen LogP contribution in [0.15, 0.2) is 0 Å². The molecule has 0 saturated carbocycles. The zero-order valence-corrected chi connectivity index (χ0v) is 8.11. The standard InChI is InChI=1S/C9H12N2O3/c1-5-7(3-9(13)14)6(2)11-8(4-12)10-5/h12H,3-4H2,1-2H3,(H,13,14). The first kappa shape index (κ1) is 10.6. The molecule has 0 bridgehead atoms. The molecule has 1 rings (SSSR count). The van der Waals surface area contributed by atoms with Gasteiger partial charge in [0.25, 0.3) is 0 Å². The van der Waals surface area contributed by atoms with Crippen molar-refractivity contribution in [3.63, 3.8) is 0 Å². The highest BCUT2D eigenvalue weighted by Gasteiger charge is 2.10. The Hall–Kier alpha value is -1.49. The highest BCUT2D eigenvalue weighted by molar-refractivity contribution is 5.70. The predicted octanol–water partition coefficient (Wildman–Crippen LogP) is 0.213. The number of aliphatic carboxylic acids is 1. The molecule has 0 aliphatic carbocycles. The molecule has 0 amide bonds. The van der Waals surface area contributed by atoms with Crippen LogP contribution in [0.3, 0.4) is 0 Å². The summed E-state index contributed by atoms with van der Waals surface area (Å²) in [5.41, 5.74) is 1.85.